The minimum Gasteiger partial charge on any atom is -0.323 e. The lowest BCUT2D eigenvalue weighted by Crippen LogP contribution is -2.22. The van der Waals surface area contributed by atoms with Crippen LogP contribution in [0.5, 0.6) is 0 Å². The lowest BCUT2D eigenvalue weighted by molar-refractivity contribution is -0.115. The number of hydrogen-bond acceptors (Lipinski definition) is 3. The predicted molar refractivity (Wildman–Crippen MR) is 71.1 cm³/mol. The molecule has 1 atom stereocenters. The van der Waals surface area contributed by atoms with Gasteiger partial charge >= 0.3 is 0 Å². The molecule has 4 nitrogen and oxygen atoms in total. The van der Waals surface area contributed by atoms with Crippen molar-refractivity contribution >= 4 is 37.4 Å². The van der Waals surface area contributed by atoms with Gasteiger partial charge in [0.2, 0.25) is 5.91 Å². The molecular weight excluding hydrogens is 325 g/mol. The van der Waals surface area contributed by atoms with Gasteiger partial charge in [-0.15, -0.1) is 0 Å². The second-order valence-electron chi connectivity index (χ2n) is 3.78. The summed E-state index contributed by atoms with van der Waals surface area (Å²) in [6.45, 7) is 1.79. The van der Waals surface area contributed by atoms with Crippen LogP contribution in [0.1, 0.15) is 13.3 Å². The van der Waals surface area contributed by atoms with E-state index in [0.717, 1.165) is 24.5 Å². The fraction of sp³-hybridized carbons (Fsp3) is 0.364. The van der Waals surface area contributed by atoms with Gasteiger partial charge in [0.1, 0.15) is 5.82 Å². The molecule has 1 unspecified atom stereocenters. The summed E-state index contributed by atoms with van der Waals surface area (Å²) in [5.74, 6) is -1.09. The fourth-order valence-electron chi connectivity index (χ4n) is 1.23. The van der Waals surface area contributed by atoms with Gasteiger partial charge in [-0.3, -0.25) is 4.79 Å². The van der Waals surface area contributed by atoms with E-state index in [0.29, 0.717) is 6.42 Å². The van der Waals surface area contributed by atoms with E-state index in [1.165, 1.54) is 0 Å². The van der Waals surface area contributed by atoms with Crippen molar-refractivity contribution in [2.24, 2.45) is 0 Å². The van der Waals surface area contributed by atoms with Crippen LogP contribution in [-0.2, 0) is 14.6 Å². The zero-order chi connectivity index (χ0) is 13.9. The summed E-state index contributed by atoms with van der Waals surface area (Å²) in [4.78, 5) is 11.1. The maximum atomic E-state index is 13.5. The third kappa shape index (κ3) is 3.78. The van der Waals surface area contributed by atoms with E-state index in [1.54, 1.807) is 6.92 Å². The number of alkyl halides is 1. The van der Waals surface area contributed by atoms with Crippen molar-refractivity contribution in [2.45, 2.75) is 23.1 Å². The van der Waals surface area contributed by atoms with Gasteiger partial charge in [0, 0.05) is 6.26 Å². The number of rotatable bonds is 4. The third-order valence-electron chi connectivity index (χ3n) is 2.27. The van der Waals surface area contributed by atoms with Crippen molar-refractivity contribution in [3.63, 3.8) is 0 Å². The van der Waals surface area contributed by atoms with Crippen molar-refractivity contribution in [3.8, 4) is 0 Å². The van der Waals surface area contributed by atoms with Crippen LogP contribution in [0, 0.1) is 5.82 Å². The third-order valence-corrected chi connectivity index (χ3v) is 4.44. The summed E-state index contributed by atoms with van der Waals surface area (Å²) in [6.07, 6.45) is 1.56. The topological polar surface area (TPSA) is 63.2 Å². The predicted octanol–water partition coefficient (Wildman–Crippen LogP) is 2.34. The second kappa shape index (κ2) is 5.79. The summed E-state index contributed by atoms with van der Waals surface area (Å²) in [5.41, 5.74) is -0.138. The Balaban J connectivity index is 3.06. The number of benzene rings is 1. The first kappa shape index (κ1) is 15.1. The molecule has 18 heavy (non-hydrogen) atoms. The lowest BCUT2D eigenvalue weighted by Gasteiger charge is -2.10. The van der Waals surface area contributed by atoms with E-state index >= 15 is 0 Å². The highest BCUT2D eigenvalue weighted by molar-refractivity contribution is 9.10. The van der Waals surface area contributed by atoms with E-state index in [2.05, 4.69) is 21.2 Å². The Morgan fingerprint density at radius 2 is 2.11 bits per heavy atom. The Morgan fingerprint density at radius 3 is 2.61 bits per heavy atom. The van der Waals surface area contributed by atoms with Gasteiger partial charge in [-0.25, -0.2) is 12.8 Å². The van der Waals surface area contributed by atoms with E-state index < -0.39 is 26.4 Å². The van der Waals surface area contributed by atoms with Gasteiger partial charge in [-0.05, 0) is 24.6 Å². The van der Waals surface area contributed by atoms with E-state index in [9.17, 15) is 17.6 Å². The largest absolute Gasteiger partial charge is 0.323 e. The Hall–Kier alpha value is -0.950. The molecule has 7 heteroatoms. The molecule has 0 aliphatic carbocycles. The molecule has 0 bridgehead atoms. The Labute approximate surface area is 114 Å². The molecule has 0 saturated carbocycles. The maximum Gasteiger partial charge on any atom is 0.238 e. The van der Waals surface area contributed by atoms with Crippen molar-refractivity contribution in [1.29, 1.82) is 0 Å². The molecule has 1 aromatic carbocycles. The second-order valence-corrected chi connectivity index (χ2v) is 6.90. The number of sulfone groups is 1. The molecule has 0 saturated heterocycles. The molecule has 0 heterocycles. The molecule has 0 fully saturated rings. The summed E-state index contributed by atoms with van der Waals surface area (Å²) in [7, 11) is -3.43. The van der Waals surface area contributed by atoms with Crippen LogP contribution >= 0.6 is 15.9 Å². The number of amides is 1. The van der Waals surface area contributed by atoms with Gasteiger partial charge in [0.15, 0.2) is 9.84 Å². The lowest BCUT2D eigenvalue weighted by atomic mass is 10.2. The normalized spacial score (nSPS) is 13.1. The van der Waals surface area contributed by atoms with Crippen LogP contribution < -0.4 is 5.32 Å². The van der Waals surface area contributed by atoms with Gasteiger partial charge in [-0.2, -0.15) is 0 Å². The molecule has 1 aromatic rings. The molecule has 0 radical (unpaired) electrons. The smallest absolute Gasteiger partial charge is 0.238 e. The van der Waals surface area contributed by atoms with Crippen molar-refractivity contribution < 1.29 is 17.6 Å². The van der Waals surface area contributed by atoms with Gasteiger partial charge in [0.25, 0.3) is 0 Å². The monoisotopic (exact) mass is 337 g/mol. The fourth-order valence-corrected chi connectivity index (χ4v) is 1.99. The molecule has 0 aliphatic heterocycles. The first-order valence-electron chi connectivity index (χ1n) is 5.20. The van der Waals surface area contributed by atoms with Crippen LogP contribution in [-0.4, -0.2) is 25.4 Å². The summed E-state index contributed by atoms with van der Waals surface area (Å²) >= 11 is 3.13. The highest BCUT2D eigenvalue weighted by atomic mass is 79.9. The van der Waals surface area contributed by atoms with Crippen LogP contribution in [0.3, 0.4) is 0 Å². The number of nitrogens with one attached hydrogen (secondary N) is 1. The zero-order valence-corrected chi connectivity index (χ0v) is 12.3. The first-order valence-corrected chi connectivity index (χ1v) is 8.01. The van der Waals surface area contributed by atoms with E-state index in [1.807, 2.05) is 0 Å². The number of hydrogen-bond donors (Lipinski definition) is 1. The van der Waals surface area contributed by atoms with Gasteiger partial charge in [-0.1, -0.05) is 22.9 Å². The average Bonchev–Trinajstić information content (AvgIpc) is 2.29. The minimum atomic E-state index is -3.43. The van der Waals surface area contributed by atoms with Gasteiger partial charge in [0.05, 0.1) is 15.4 Å². The maximum absolute atomic E-state index is 13.5. The molecule has 1 rings (SSSR count). The summed E-state index contributed by atoms with van der Waals surface area (Å²) in [5, 5.41) is 2.35. The van der Waals surface area contributed by atoms with Crippen LogP contribution in [0.2, 0.25) is 0 Å². The summed E-state index contributed by atoms with van der Waals surface area (Å²) in [6, 6.07) is 3.28. The molecule has 0 spiro atoms. The number of halogens is 2. The molecular formula is C11H13BrFNO3S. The molecule has 0 aromatic heterocycles. The number of anilines is 1. The Kier molecular flexibility index (Phi) is 4.86. The molecule has 0 aliphatic rings. The van der Waals surface area contributed by atoms with E-state index in [4.69, 9.17) is 0 Å². The Bertz CT molecular complexity index is 559. The number of carbonyl (C=O) groups excluding carboxylic acids is 1. The van der Waals surface area contributed by atoms with Crippen molar-refractivity contribution in [1.82, 2.24) is 0 Å². The van der Waals surface area contributed by atoms with E-state index in [-0.39, 0.29) is 10.6 Å². The molecule has 1 amide bonds. The first-order chi connectivity index (χ1) is 8.25. The van der Waals surface area contributed by atoms with Crippen LogP contribution in [0.4, 0.5) is 10.1 Å². The average molecular weight is 338 g/mol. The molecule has 100 valence electrons. The summed E-state index contributed by atoms with van der Waals surface area (Å²) < 4.78 is 36.1. The highest BCUT2D eigenvalue weighted by Crippen LogP contribution is 2.20. The Morgan fingerprint density at radius 1 is 1.50 bits per heavy atom. The molecule has 1 N–H and O–H groups in total. The van der Waals surface area contributed by atoms with Gasteiger partial charge < -0.3 is 5.32 Å². The van der Waals surface area contributed by atoms with Crippen LogP contribution in [0.15, 0.2) is 23.1 Å². The quantitative estimate of drug-likeness (QED) is 0.677. The van der Waals surface area contributed by atoms with Crippen LogP contribution in [0.25, 0.3) is 0 Å². The highest BCUT2D eigenvalue weighted by Gasteiger charge is 2.16. The van der Waals surface area contributed by atoms with Crippen molar-refractivity contribution in [2.75, 3.05) is 11.6 Å². The SMILES string of the molecule is CCC(Br)C(=O)Nc1cc(S(C)(=O)=O)ccc1F. The zero-order valence-electron chi connectivity index (χ0n) is 9.91. The minimum absolute atomic E-state index is 0.0400. The number of carbonyl (C=O) groups is 1. The standard InChI is InChI=1S/C11H13BrFNO3S/c1-3-8(12)11(15)14-10-6-7(18(2,16)17)4-5-9(10)13/h4-6,8H,3H2,1-2H3,(H,14,15). The van der Waals surface area contributed by atoms with Crippen molar-refractivity contribution in [3.05, 3.63) is 24.0 Å².